The van der Waals surface area contributed by atoms with Gasteiger partial charge in [0.25, 0.3) is 0 Å². The lowest BCUT2D eigenvalue weighted by atomic mass is 10.0. The maximum atomic E-state index is 10.5. The van der Waals surface area contributed by atoms with Crippen LogP contribution in [0.4, 0.5) is 0 Å². The van der Waals surface area contributed by atoms with Gasteiger partial charge in [-0.2, -0.15) is 0 Å². The Morgan fingerprint density at radius 2 is 2.10 bits per heavy atom. The van der Waals surface area contributed by atoms with E-state index in [-0.39, 0.29) is 5.78 Å². The van der Waals surface area contributed by atoms with Gasteiger partial charge in [-0.05, 0) is 32.2 Å². The van der Waals surface area contributed by atoms with Crippen LogP contribution in [0.1, 0.15) is 33.1 Å². The summed E-state index contributed by atoms with van der Waals surface area (Å²) in [6.07, 6.45) is 2.74. The standard InChI is InChI=1S/C8H17NO/c1-7(5-6-9)3-4-8(2)10/h7H,3-6,9H2,1-2H3/t7-/m0/s1. The topological polar surface area (TPSA) is 43.1 Å². The number of rotatable bonds is 5. The number of nitrogens with two attached hydrogens (primary N) is 1. The van der Waals surface area contributed by atoms with Crippen molar-refractivity contribution >= 4 is 5.78 Å². The zero-order valence-electron chi connectivity index (χ0n) is 6.89. The molecule has 0 aromatic carbocycles. The first-order valence-electron chi connectivity index (χ1n) is 3.86. The Morgan fingerprint density at radius 1 is 1.50 bits per heavy atom. The van der Waals surface area contributed by atoms with Crippen LogP contribution < -0.4 is 5.73 Å². The third-order valence-electron chi connectivity index (χ3n) is 1.65. The number of Topliss-reactive ketones (excluding diaryl/α,β-unsaturated/α-hetero) is 1. The first kappa shape index (κ1) is 9.63. The molecule has 0 aliphatic rings. The number of carbonyl (C=O) groups excluding carboxylic acids is 1. The van der Waals surface area contributed by atoms with Crippen molar-refractivity contribution in [2.45, 2.75) is 33.1 Å². The van der Waals surface area contributed by atoms with Gasteiger partial charge in [-0.15, -0.1) is 0 Å². The number of hydrogen-bond donors (Lipinski definition) is 1. The summed E-state index contributed by atoms with van der Waals surface area (Å²) in [5, 5.41) is 0. The highest BCUT2D eigenvalue weighted by Gasteiger charge is 2.01. The molecule has 2 heteroatoms. The van der Waals surface area contributed by atoms with E-state index < -0.39 is 0 Å². The number of ketones is 1. The molecular formula is C8H17NO. The van der Waals surface area contributed by atoms with Gasteiger partial charge in [0.2, 0.25) is 0 Å². The van der Waals surface area contributed by atoms with Crippen molar-refractivity contribution in [2.24, 2.45) is 11.7 Å². The van der Waals surface area contributed by atoms with Crippen LogP contribution >= 0.6 is 0 Å². The van der Waals surface area contributed by atoms with Gasteiger partial charge in [0.15, 0.2) is 0 Å². The summed E-state index contributed by atoms with van der Waals surface area (Å²) in [6, 6.07) is 0. The van der Waals surface area contributed by atoms with Crippen molar-refractivity contribution in [3.63, 3.8) is 0 Å². The molecule has 0 radical (unpaired) electrons. The van der Waals surface area contributed by atoms with Gasteiger partial charge in [-0.3, -0.25) is 0 Å². The van der Waals surface area contributed by atoms with Crippen LogP contribution in [0.2, 0.25) is 0 Å². The van der Waals surface area contributed by atoms with Crippen LogP contribution in [0.15, 0.2) is 0 Å². The highest BCUT2D eigenvalue weighted by atomic mass is 16.1. The molecule has 2 nitrogen and oxygen atoms in total. The van der Waals surface area contributed by atoms with Gasteiger partial charge in [0, 0.05) is 6.42 Å². The summed E-state index contributed by atoms with van der Waals surface area (Å²) in [7, 11) is 0. The van der Waals surface area contributed by atoms with E-state index in [1.54, 1.807) is 6.92 Å². The highest BCUT2D eigenvalue weighted by Crippen LogP contribution is 2.08. The zero-order valence-corrected chi connectivity index (χ0v) is 6.89. The largest absolute Gasteiger partial charge is 0.330 e. The van der Waals surface area contributed by atoms with Gasteiger partial charge >= 0.3 is 0 Å². The SMILES string of the molecule is CC(=O)CC[C@H](C)CCN. The lowest BCUT2D eigenvalue weighted by Crippen LogP contribution is -2.06. The molecule has 0 unspecified atom stereocenters. The number of hydrogen-bond acceptors (Lipinski definition) is 2. The molecule has 1 atom stereocenters. The summed E-state index contributed by atoms with van der Waals surface area (Å²) in [6.45, 7) is 4.50. The Morgan fingerprint density at radius 3 is 2.50 bits per heavy atom. The summed E-state index contributed by atoms with van der Waals surface area (Å²) < 4.78 is 0. The molecule has 10 heavy (non-hydrogen) atoms. The molecule has 2 N–H and O–H groups in total. The molecule has 0 bridgehead atoms. The van der Waals surface area contributed by atoms with Crippen molar-refractivity contribution in [3.8, 4) is 0 Å². The third-order valence-corrected chi connectivity index (χ3v) is 1.65. The van der Waals surface area contributed by atoms with Crippen molar-refractivity contribution in [1.29, 1.82) is 0 Å². The molecule has 0 aromatic heterocycles. The summed E-state index contributed by atoms with van der Waals surface area (Å²) in [5.41, 5.74) is 5.35. The lowest BCUT2D eigenvalue weighted by molar-refractivity contribution is -0.117. The van der Waals surface area contributed by atoms with Crippen molar-refractivity contribution in [3.05, 3.63) is 0 Å². The second kappa shape index (κ2) is 5.42. The summed E-state index contributed by atoms with van der Waals surface area (Å²) in [4.78, 5) is 10.5. The normalized spacial score (nSPS) is 13.1. The van der Waals surface area contributed by atoms with Gasteiger partial charge in [-0.25, -0.2) is 0 Å². The first-order chi connectivity index (χ1) is 4.66. The van der Waals surface area contributed by atoms with Gasteiger partial charge in [0.05, 0.1) is 0 Å². The molecule has 0 saturated carbocycles. The molecule has 60 valence electrons. The Kier molecular flexibility index (Phi) is 5.22. The van der Waals surface area contributed by atoms with Crippen LogP contribution in [0.3, 0.4) is 0 Å². The molecule has 0 aromatic rings. The van der Waals surface area contributed by atoms with E-state index >= 15 is 0 Å². The molecule has 0 spiro atoms. The quantitative estimate of drug-likeness (QED) is 0.631. The summed E-state index contributed by atoms with van der Waals surface area (Å²) >= 11 is 0. The summed E-state index contributed by atoms with van der Waals surface area (Å²) in [5.74, 6) is 0.887. The van der Waals surface area contributed by atoms with Crippen LogP contribution in [-0.4, -0.2) is 12.3 Å². The van der Waals surface area contributed by atoms with Crippen molar-refractivity contribution < 1.29 is 4.79 Å². The van der Waals surface area contributed by atoms with Crippen molar-refractivity contribution in [2.75, 3.05) is 6.54 Å². The lowest BCUT2D eigenvalue weighted by Gasteiger charge is -2.06. The van der Waals surface area contributed by atoms with Crippen molar-refractivity contribution in [1.82, 2.24) is 0 Å². The van der Waals surface area contributed by atoms with E-state index in [4.69, 9.17) is 5.73 Å². The second-order valence-corrected chi connectivity index (χ2v) is 2.92. The Bertz CT molecular complexity index is 101. The van der Waals surface area contributed by atoms with Crippen LogP contribution in [0.25, 0.3) is 0 Å². The molecule has 0 heterocycles. The molecule has 0 aliphatic heterocycles. The molecule has 0 amide bonds. The zero-order chi connectivity index (χ0) is 7.98. The molecule has 0 fully saturated rings. The van der Waals surface area contributed by atoms with E-state index in [0.29, 0.717) is 12.3 Å². The minimum Gasteiger partial charge on any atom is -0.330 e. The molecule has 0 saturated heterocycles. The minimum absolute atomic E-state index is 0.281. The Labute approximate surface area is 62.8 Å². The third kappa shape index (κ3) is 5.76. The Balaban J connectivity index is 3.21. The van der Waals surface area contributed by atoms with E-state index in [1.807, 2.05) is 0 Å². The fourth-order valence-corrected chi connectivity index (χ4v) is 0.879. The highest BCUT2D eigenvalue weighted by molar-refractivity contribution is 5.75. The average Bonchev–Trinajstić information content (AvgIpc) is 1.85. The molecule has 0 rings (SSSR count). The second-order valence-electron chi connectivity index (χ2n) is 2.92. The van der Waals surface area contributed by atoms with Crippen LogP contribution in [-0.2, 0) is 4.79 Å². The molecular weight excluding hydrogens is 126 g/mol. The maximum Gasteiger partial charge on any atom is 0.129 e. The fraction of sp³-hybridized carbons (Fsp3) is 0.875. The van der Waals surface area contributed by atoms with E-state index in [1.165, 1.54) is 0 Å². The van der Waals surface area contributed by atoms with E-state index in [2.05, 4.69) is 6.92 Å². The predicted octanol–water partition coefficient (Wildman–Crippen LogP) is 1.34. The van der Waals surface area contributed by atoms with Gasteiger partial charge in [-0.1, -0.05) is 6.92 Å². The first-order valence-corrected chi connectivity index (χ1v) is 3.86. The smallest absolute Gasteiger partial charge is 0.129 e. The van der Waals surface area contributed by atoms with Gasteiger partial charge in [0.1, 0.15) is 5.78 Å². The van der Waals surface area contributed by atoms with Crippen LogP contribution in [0, 0.1) is 5.92 Å². The fourth-order valence-electron chi connectivity index (χ4n) is 0.879. The van der Waals surface area contributed by atoms with Gasteiger partial charge < -0.3 is 10.5 Å². The van der Waals surface area contributed by atoms with E-state index in [9.17, 15) is 4.79 Å². The maximum absolute atomic E-state index is 10.5. The monoisotopic (exact) mass is 143 g/mol. The Hall–Kier alpha value is -0.370. The minimum atomic E-state index is 0.281. The van der Waals surface area contributed by atoms with E-state index in [0.717, 1.165) is 19.4 Å². The number of carbonyl (C=O) groups is 1. The predicted molar refractivity (Wildman–Crippen MR) is 42.8 cm³/mol. The molecule has 0 aliphatic carbocycles. The average molecular weight is 143 g/mol. The van der Waals surface area contributed by atoms with Crippen LogP contribution in [0.5, 0.6) is 0 Å².